The van der Waals surface area contributed by atoms with Crippen LogP contribution in [-0.4, -0.2) is 16.0 Å². The molecule has 0 spiro atoms. The number of ether oxygens (including phenoxy) is 1. The zero-order chi connectivity index (χ0) is 14.5. The van der Waals surface area contributed by atoms with E-state index in [1.807, 2.05) is 0 Å². The highest BCUT2D eigenvalue weighted by atomic mass is 16.6. The molecule has 0 bridgehead atoms. The van der Waals surface area contributed by atoms with Crippen LogP contribution in [0.5, 0.6) is 5.75 Å². The summed E-state index contributed by atoms with van der Waals surface area (Å²) in [6.45, 7) is 0.0616. The molecule has 0 fully saturated rings. The largest absolute Gasteiger partial charge is 0.486 e. The molecule has 20 heavy (non-hydrogen) atoms. The highest BCUT2D eigenvalue weighted by Gasteiger charge is 2.12. The summed E-state index contributed by atoms with van der Waals surface area (Å²) in [7, 11) is 0. The van der Waals surface area contributed by atoms with Gasteiger partial charge in [0.1, 0.15) is 23.0 Å². The van der Waals surface area contributed by atoms with Gasteiger partial charge in [0.2, 0.25) is 0 Å². The second-order valence-electron chi connectivity index (χ2n) is 4.00. The van der Waals surface area contributed by atoms with E-state index in [2.05, 4.69) is 0 Å². The van der Waals surface area contributed by atoms with E-state index in [-0.39, 0.29) is 18.9 Å². The number of aliphatic carboxylic acids is 1. The quantitative estimate of drug-likeness (QED) is 0.642. The van der Waals surface area contributed by atoms with Crippen molar-refractivity contribution in [2.24, 2.45) is 0 Å². The van der Waals surface area contributed by atoms with Gasteiger partial charge >= 0.3 is 11.9 Å². The van der Waals surface area contributed by atoms with Crippen molar-refractivity contribution in [2.75, 3.05) is 0 Å². The molecule has 1 heterocycles. The minimum Gasteiger partial charge on any atom is -0.486 e. The average molecular weight is 277 g/mol. The van der Waals surface area contributed by atoms with Crippen LogP contribution >= 0.6 is 0 Å². The standard InChI is InChI=1S/C13H11NO6/c15-13(16)7-9-1-3-10(4-2-9)19-8-11-5-6-12(20-11)14(17)18/h1-6H,7-8H2,(H,15,16). The van der Waals surface area contributed by atoms with E-state index < -0.39 is 10.9 Å². The van der Waals surface area contributed by atoms with Gasteiger partial charge in [-0.15, -0.1) is 0 Å². The van der Waals surface area contributed by atoms with Gasteiger partial charge in [0.05, 0.1) is 12.5 Å². The SMILES string of the molecule is O=C(O)Cc1ccc(OCc2ccc([N+](=O)[O-])o2)cc1. The van der Waals surface area contributed by atoms with Crippen LogP contribution in [0.4, 0.5) is 5.88 Å². The third kappa shape index (κ3) is 3.58. The first kappa shape index (κ1) is 13.6. The molecule has 0 aliphatic carbocycles. The maximum absolute atomic E-state index is 10.5. The fourth-order valence-corrected chi connectivity index (χ4v) is 1.57. The van der Waals surface area contributed by atoms with Crippen LogP contribution in [0.2, 0.25) is 0 Å². The van der Waals surface area contributed by atoms with Gasteiger partial charge in [-0.3, -0.25) is 14.9 Å². The Kier molecular flexibility index (Phi) is 3.99. The van der Waals surface area contributed by atoms with Gasteiger partial charge in [0, 0.05) is 0 Å². The number of rotatable bonds is 6. The first-order valence-corrected chi connectivity index (χ1v) is 5.71. The number of hydrogen-bond acceptors (Lipinski definition) is 5. The third-order valence-electron chi connectivity index (χ3n) is 2.49. The van der Waals surface area contributed by atoms with E-state index in [0.29, 0.717) is 17.1 Å². The molecule has 104 valence electrons. The van der Waals surface area contributed by atoms with Crippen LogP contribution in [0.3, 0.4) is 0 Å². The minimum absolute atomic E-state index is 0.0509. The lowest BCUT2D eigenvalue weighted by molar-refractivity contribution is -0.402. The summed E-state index contributed by atoms with van der Waals surface area (Å²) in [4.78, 5) is 20.3. The third-order valence-corrected chi connectivity index (χ3v) is 2.49. The summed E-state index contributed by atoms with van der Waals surface area (Å²) >= 11 is 0. The van der Waals surface area contributed by atoms with Crippen LogP contribution in [0.25, 0.3) is 0 Å². The highest BCUT2D eigenvalue weighted by molar-refractivity contribution is 5.70. The number of hydrogen-bond donors (Lipinski definition) is 1. The van der Waals surface area contributed by atoms with Crippen LogP contribution in [0.15, 0.2) is 40.8 Å². The van der Waals surface area contributed by atoms with Crippen molar-refractivity contribution in [1.82, 2.24) is 0 Å². The lowest BCUT2D eigenvalue weighted by atomic mass is 10.1. The second kappa shape index (κ2) is 5.87. The Labute approximate surface area is 113 Å². The minimum atomic E-state index is -0.901. The highest BCUT2D eigenvalue weighted by Crippen LogP contribution is 2.18. The van der Waals surface area contributed by atoms with Gasteiger partial charge in [-0.2, -0.15) is 0 Å². The Morgan fingerprint density at radius 3 is 2.50 bits per heavy atom. The molecule has 2 aromatic rings. The first-order valence-electron chi connectivity index (χ1n) is 5.71. The van der Waals surface area contributed by atoms with E-state index in [1.54, 1.807) is 24.3 Å². The molecule has 1 aromatic carbocycles. The van der Waals surface area contributed by atoms with Crippen LogP contribution < -0.4 is 4.74 Å². The van der Waals surface area contributed by atoms with Gasteiger partial charge in [0.25, 0.3) is 0 Å². The van der Waals surface area contributed by atoms with E-state index in [1.165, 1.54) is 12.1 Å². The predicted octanol–water partition coefficient (Wildman–Crippen LogP) is 2.39. The maximum Gasteiger partial charge on any atom is 0.433 e. The average Bonchev–Trinajstić information content (AvgIpc) is 2.86. The van der Waals surface area contributed by atoms with Gasteiger partial charge < -0.3 is 14.3 Å². The van der Waals surface area contributed by atoms with Crippen molar-refractivity contribution < 1.29 is 24.0 Å². The van der Waals surface area contributed by atoms with Gasteiger partial charge in [-0.25, -0.2) is 0 Å². The van der Waals surface area contributed by atoms with E-state index in [4.69, 9.17) is 14.3 Å². The fourth-order valence-electron chi connectivity index (χ4n) is 1.57. The molecule has 0 unspecified atom stereocenters. The summed E-state index contributed by atoms with van der Waals surface area (Å²) in [5, 5.41) is 19.1. The number of nitrogens with zero attached hydrogens (tertiary/aromatic N) is 1. The second-order valence-corrected chi connectivity index (χ2v) is 4.00. The smallest absolute Gasteiger partial charge is 0.433 e. The Balaban J connectivity index is 1.93. The molecule has 7 heteroatoms. The molecule has 2 rings (SSSR count). The normalized spacial score (nSPS) is 10.2. The molecule has 1 aromatic heterocycles. The van der Waals surface area contributed by atoms with E-state index in [9.17, 15) is 14.9 Å². The zero-order valence-corrected chi connectivity index (χ0v) is 10.3. The molecular formula is C13H11NO6. The van der Waals surface area contributed by atoms with Gasteiger partial charge in [-0.05, 0) is 23.8 Å². The number of carbonyl (C=O) groups is 1. The first-order chi connectivity index (χ1) is 9.54. The molecule has 0 aliphatic heterocycles. The molecule has 0 atom stereocenters. The van der Waals surface area contributed by atoms with Crippen molar-refractivity contribution in [3.8, 4) is 5.75 Å². The number of carboxylic acid groups (broad SMARTS) is 1. The molecule has 1 N–H and O–H groups in total. The number of furan rings is 1. The molecule has 7 nitrogen and oxygen atoms in total. The summed E-state index contributed by atoms with van der Waals surface area (Å²) in [6.07, 6.45) is -0.0509. The van der Waals surface area contributed by atoms with Crippen molar-refractivity contribution in [1.29, 1.82) is 0 Å². The van der Waals surface area contributed by atoms with Crippen molar-refractivity contribution in [3.63, 3.8) is 0 Å². The molecule has 0 amide bonds. The van der Waals surface area contributed by atoms with Crippen molar-refractivity contribution in [3.05, 3.63) is 57.8 Å². The predicted molar refractivity (Wildman–Crippen MR) is 67.5 cm³/mol. The fraction of sp³-hybridized carbons (Fsp3) is 0.154. The zero-order valence-electron chi connectivity index (χ0n) is 10.3. The molecule has 0 radical (unpaired) electrons. The lowest BCUT2D eigenvalue weighted by Gasteiger charge is -2.04. The van der Waals surface area contributed by atoms with Crippen molar-refractivity contribution in [2.45, 2.75) is 13.0 Å². The summed E-state index contributed by atoms with van der Waals surface area (Å²) in [5.41, 5.74) is 0.665. The molecular weight excluding hydrogens is 266 g/mol. The van der Waals surface area contributed by atoms with Crippen LogP contribution in [0, 0.1) is 10.1 Å². The van der Waals surface area contributed by atoms with Gasteiger partial charge in [0.15, 0.2) is 0 Å². The van der Waals surface area contributed by atoms with Crippen LogP contribution in [-0.2, 0) is 17.8 Å². The number of nitro groups is 1. The summed E-state index contributed by atoms with van der Waals surface area (Å²) in [5.74, 6) is -0.369. The summed E-state index contributed by atoms with van der Waals surface area (Å²) in [6, 6.07) is 9.29. The lowest BCUT2D eigenvalue weighted by Crippen LogP contribution is -2.00. The maximum atomic E-state index is 10.5. The summed E-state index contributed by atoms with van der Waals surface area (Å²) < 4.78 is 10.3. The number of benzene rings is 1. The van der Waals surface area contributed by atoms with Gasteiger partial charge in [-0.1, -0.05) is 12.1 Å². The molecule has 0 saturated carbocycles. The Hall–Kier alpha value is -2.83. The Morgan fingerprint density at radius 2 is 1.95 bits per heavy atom. The van der Waals surface area contributed by atoms with E-state index >= 15 is 0 Å². The van der Waals surface area contributed by atoms with Crippen molar-refractivity contribution >= 4 is 11.9 Å². The number of carboxylic acids is 1. The topological polar surface area (TPSA) is 103 Å². The van der Waals surface area contributed by atoms with Crippen LogP contribution in [0.1, 0.15) is 11.3 Å². The molecule has 0 aliphatic rings. The molecule has 0 saturated heterocycles. The van der Waals surface area contributed by atoms with E-state index in [0.717, 1.165) is 0 Å². The Bertz CT molecular complexity index is 616. The Morgan fingerprint density at radius 1 is 1.25 bits per heavy atom. The monoisotopic (exact) mass is 277 g/mol.